The van der Waals surface area contributed by atoms with Crippen LogP contribution >= 0.6 is 0 Å². The number of hydrogen-bond acceptors (Lipinski definition) is 3. The largest absolute Gasteiger partial charge is 0.466 e. The highest BCUT2D eigenvalue weighted by molar-refractivity contribution is 6.56. The van der Waals surface area contributed by atoms with Gasteiger partial charge in [-0.1, -0.05) is 60.5 Å². The second-order valence-electron chi connectivity index (χ2n) is 13.8. The van der Waals surface area contributed by atoms with Crippen LogP contribution in [0.2, 0.25) is 17.5 Å². The SMILES string of the molecule is C=C[C@H](B1OCCCO1)[C@@H](C)OB([C@@H]1C[C@@H]2C[C@H]([C@H]1C)C2(C)C)[C@@H]1C[C@@H]2C[C@H]([C@H]1C)C2(C)C. The van der Waals surface area contributed by atoms with Crippen molar-refractivity contribution in [2.75, 3.05) is 13.2 Å². The zero-order chi connectivity index (χ0) is 23.7. The minimum absolute atomic E-state index is 0.0625. The average Bonchev–Trinajstić information content (AvgIpc) is 2.78. The van der Waals surface area contributed by atoms with Crippen molar-refractivity contribution in [2.24, 2.45) is 46.3 Å². The van der Waals surface area contributed by atoms with Gasteiger partial charge in [-0.25, -0.2) is 0 Å². The maximum absolute atomic E-state index is 7.22. The second-order valence-corrected chi connectivity index (χ2v) is 13.8. The van der Waals surface area contributed by atoms with E-state index in [1.807, 2.05) is 6.08 Å². The van der Waals surface area contributed by atoms with Crippen LogP contribution in [0.25, 0.3) is 0 Å². The first-order valence-corrected chi connectivity index (χ1v) is 14.1. The van der Waals surface area contributed by atoms with Crippen molar-refractivity contribution in [3.63, 3.8) is 0 Å². The van der Waals surface area contributed by atoms with E-state index < -0.39 is 0 Å². The van der Waals surface area contributed by atoms with Crippen molar-refractivity contribution in [3.05, 3.63) is 12.7 Å². The highest BCUT2D eigenvalue weighted by Crippen LogP contribution is 2.69. The van der Waals surface area contributed by atoms with E-state index in [4.69, 9.17) is 14.0 Å². The van der Waals surface area contributed by atoms with Gasteiger partial charge in [0.15, 0.2) is 0 Å². The molecule has 5 heteroatoms. The van der Waals surface area contributed by atoms with Crippen molar-refractivity contribution in [1.82, 2.24) is 0 Å². The van der Waals surface area contributed by atoms with Crippen molar-refractivity contribution in [1.29, 1.82) is 0 Å². The number of hydrogen-bond donors (Lipinski definition) is 0. The summed E-state index contributed by atoms with van der Waals surface area (Å²) in [6, 6.07) is 0. The molecule has 184 valence electrons. The summed E-state index contributed by atoms with van der Waals surface area (Å²) in [5.74, 6) is 6.37. The third-order valence-corrected chi connectivity index (χ3v) is 12.0. The van der Waals surface area contributed by atoms with Crippen LogP contribution in [-0.4, -0.2) is 33.4 Å². The fourth-order valence-corrected chi connectivity index (χ4v) is 9.36. The van der Waals surface area contributed by atoms with Crippen LogP contribution in [0.5, 0.6) is 0 Å². The maximum atomic E-state index is 7.22. The molecular weight excluding hydrogens is 406 g/mol. The Morgan fingerprint density at radius 3 is 1.79 bits per heavy atom. The van der Waals surface area contributed by atoms with Crippen LogP contribution < -0.4 is 0 Å². The zero-order valence-corrected chi connectivity index (χ0v) is 22.4. The topological polar surface area (TPSA) is 27.7 Å². The normalized spacial score (nSPS) is 44.8. The summed E-state index contributed by atoms with van der Waals surface area (Å²) in [5.41, 5.74) is 1.03. The van der Waals surface area contributed by atoms with E-state index in [9.17, 15) is 0 Å². The third-order valence-electron chi connectivity index (χ3n) is 12.0. The van der Waals surface area contributed by atoms with Gasteiger partial charge in [0.05, 0.1) is 0 Å². The summed E-state index contributed by atoms with van der Waals surface area (Å²) in [6.45, 7) is 23.5. The van der Waals surface area contributed by atoms with Crippen molar-refractivity contribution < 1.29 is 14.0 Å². The van der Waals surface area contributed by atoms with Gasteiger partial charge in [-0.3, -0.25) is 0 Å². The molecule has 1 saturated heterocycles. The molecule has 0 aromatic heterocycles. The highest BCUT2D eigenvalue weighted by Gasteiger charge is 2.63. The Morgan fingerprint density at radius 2 is 1.39 bits per heavy atom. The highest BCUT2D eigenvalue weighted by atomic mass is 16.6. The van der Waals surface area contributed by atoms with Crippen LogP contribution in [-0.2, 0) is 14.0 Å². The summed E-state index contributed by atoms with van der Waals surface area (Å²) >= 11 is 0. The Hall–Kier alpha value is -0.250. The van der Waals surface area contributed by atoms with Gasteiger partial charge >= 0.3 is 7.12 Å². The minimum Gasteiger partial charge on any atom is -0.433 e. The second kappa shape index (κ2) is 8.70. The van der Waals surface area contributed by atoms with E-state index in [0.29, 0.717) is 29.4 Å². The fourth-order valence-electron chi connectivity index (χ4n) is 9.36. The van der Waals surface area contributed by atoms with E-state index in [1.165, 1.54) is 25.7 Å². The lowest BCUT2D eigenvalue weighted by molar-refractivity contribution is -0.112. The van der Waals surface area contributed by atoms with Crippen LogP contribution in [0.1, 0.15) is 80.6 Å². The van der Waals surface area contributed by atoms with E-state index in [1.54, 1.807) is 0 Å². The number of fused-ring (bicyclic) bond motifs is 4. The molecule has 0 N–H and O–H groups in total. The first-order valence-electron chi connectivity index (χ1n) is 14.1. The molecule has 0 aromatic rings. The monoisotopic (exact) mass is 454 g/mol. The van der Waals surface area contributed by atoms with Crippen LogP contribution in [0, 0.1) is 46.3 Å². The molecule has 33 heavy (non-hydrogen) atoms. The summed E-state index contributed by atoms with van der Waals surface area (Å²) in [7, 11) is -0.209. The van der Waals surface area contributed by atoms with Crippen molar-refractivity contribution in [3.8, 4) is 0 Å². The molecule has 0 spiro atoms. The molecule has 7 fully saturated rings. The lowest BCUT2D eigenvalue weighted by atomic mass is 9.27. The van der Waals surface area contributed by atoms with Gasteiger partial charge in [0.2, 0.25) is 0 Å². The molecule has 10 atom stereocenters. The third kappa shape index (κ3) is 3.82. The van der Waals surface area contributed by atoms with Gasteiger partial charge in [-0.2, -0.15) is 0 Å². The predicted octanol–water partition coefficient (Wildman–Crippen LogP) is 7.01. The van der Waals surface area contributed by atoms with Gasteiger partial charge in [0.1, 0.15) is 0 Å². The molecule has 0 amide bonds. The van der Waals surface area contributed by atoms with E-state index in [2.05, 4.69) is 55.0 Å². The summed E-state index contributed by atoms with van der Waals surface area (Å²) in [5, 5.41) is 0. The Labute approximate surface area is 204 Å². The maximum Gasteiger partial charge on any atom is 0.466 e. The molecule has 6 aliphatic carbocycles. The quantitative estimate of drug-likeness (QED) is 0.306. The summed E-state index contributed by atoms with van der Waals surface area (Å²) in [4.78, 5) is 0. The van der Waals surface area contributed by atoms with Crippen molar-refractivity contribution in [2.45, 2.75) is 104 Å². The minimum atomic E-state index is -0.209. The summed E-state index contributed by atoms with van der Waals surface area (Å²) < 4.78 is 19.2. The van der Waals surface area contributed by atoms with Crippen LogP contribution in [0.15, 0.2) is 12.7 Å². The molecule has 4 bridgehead atoms. The van der Waals surface area contributed by atoms with Gasteiger partial charge in [0.25, 0.3) is 6.92 Å². The zero-order valence-electron chi connectivity index (χ0n) is 22.4. The summed E-state index contributed by atoms with van der Waals surface area (Å²) in [6.07, 6.45) is 8.63. The molecule has 7 aliphatic rings. The fraction of sp³-hybridized carbons (Fsp3) is 0.929. The molecule has 1 heterocycles. The Morgan fingerprint density at radius 1 is 0.909 bits per heavy atom. The molecular formula is C28H48B2O3. The van der Waals surface area contributed by atoms with E-state index in [-0.39, 0.29) is 19.0 Å². The average molecular weight is 454 g/mol. The lowest BCUT2D eigenvalue weighted by Crippen LogP contribution is -2.60. The molecule has 7 rings (SSSR count). The standard InChI is InChI=1S/C28H48B2O3/c1-9-24(30-31-11-10-12-32-30)19(4)33-29(25-15-20-13-22(17(25)2)27(20,5)6)26-16-21-14-23(18(26)3)28(21,7)8/h9,17-26H,1,10-16H2,2-8H3/t17-,18-,19-,20+,21+,22-,23-,24+,25-,26-/m1/s1. The molecule has 0 unspecified atom stereocenters. The predicted molar refractivity (Wildman–Crippen MR) is 138 cm³/mol. The van der Waals surface area contributed by atoms with Crippen molar-refractivity contribution >= 4 is 14.0 Å². The van der Waals surface area contributed by atoms with E-state index >= 15 is 0 Å². The molecule has 0 aromatic carbocycles. The lowest BCUT2D eigenvalue weighted by Gasteiger charge is -2.66. The van der Waals surface area contributed by atoms with Gasteiger partial charge in [-0.05, 0) is 84.2 Å². The van der Waals surface area contributed by atoms with Gasteiger partial charge < -0.3 is 14.0 Å². The molecule has 0 radical (unpaired) electrons. The van der Waals surface area contributed by atoms with Crippen LogP contribution in [0.4, 0.5) is 0 Å². The smallest absolute Gasteiger partial charge is 0.433 e. The van der Waals surface area contributed by atoms with Gasteiger partial charge in [0, 0.05) is 25.1 Å². The first-order chi connectivity index (χ1) is 15.6. The Balaban J connectivity index is 1.38. The van der Waals surface area contributed by atoms with Gasteiger partial charge in [-0.15, -0.1) is 6.58 Å². The molecule has 3 nitrogen and oxygen atoms in total. The van der Waals surface area contributed by atoms with Crippen LogP contribution in [0.3, 0.4) is 0 Å². The first kappa shape index (κ1) is 24.4. The number of rotatable bonds is 7. The molecule has 6 saturated carbocycles. The molecule has 1 aliphatic heterocycles. The Kier molecular flexibility index (Phi) is 6.44. The van der Waals surface area contributed by atoms with E-state index in [0.717, 1.165) is 55.1 Å². The Bertz CT molecular complexity index is 691.